The monoisotopic (exact) mass is 751 g/mol. The molecule has 1 unspecified atom stereocenters. The van der Waals surface area contributed by atoms with Crippen LogP contribution in [0.3, 0.4) is 0 Å². The van der Waals surface area contributed by atoms with E-state index in [2.05, 4.69) is 22.1 Å². The Morgan fingerprint density at radius 1 is 0.648 bits per heavy atom. The van der Waals surface area contributed by atoms with Gasteiger partial charge in [-0.25, -0.2) is 0 Å². The number of ether oxygens (including phenoxy) is 2. The summed E-state index contributed by atoms with van der Waals surface area (Å²) in [7, 11) is 0. The van der Waals surface area contributed by atoms with Gasteiger partial charge in [-0.15, -0.1) is 0 Å². The number of benzene rings is 2. The predicted molar refractivity (Wildman–Crippen MR) is 220 cm³/mol. The third-order valence-corrected chi connectivity index (χ3v) is 10.4. The highest BCUT2D eigenvalue weighted by Gasteiger charge is 2.43. The van der Waals surface area contributed by atoms with Crippen LogP contribution in [-0.2, 0) is 19.1 Å². The van der Waals surface area contributed by atoms with E-state index in [0.717, 1.165) is 18.5 Å². The van der Waals surface area contributed by atoms with Crippen molar-refractivity contribution >= 4 is 34.7 Å². The van der Waals surface area contributed by atoms with Crippen molar-refractivity contribution in [3.05, 3.63) is 58.6 Å². The third-order valence-electron chi connectivity index (χ3n) is 10.4. The molecular formula is C44H70N4O6. The number of carbonyl (C=O) groups excluding carboxylic acids is 2. The van der Waals surface area contributed by atoms with Crippen molar-refractivity contribution in [3.8, 4) is 0 Å². The number of azo groups is 1. The molecule has 0 N–H and O–H groups in total. The van der Waals surface area contributed by atoms with Crippen LogP contribution in [0.2, 0.25) is 0 Å². The Morgan fingerprint density at radius 3 is 1.54 bits per heavy atom. The van der Waals surface area contributed by atoms with Crippen molar-refractivity contribution in [2.75, 3.05) is 31.2 Å². The highest BCUT2D eigenvalue weighted by Crippen LogP contribution is 2.38. The smallest absolute Gasteiger partial charge is 0.311 e. The van der Waals surface area contributed by atoms with Gasteiger partial charge in [0.2, 0.25) is 0 Å². The molecule has 54 heavy (non-hydrogen) atoms. The fourth-order valence-electron chi connectivity index (χ4n) is 6.78. The standard InChI is InChI=1S/C44H70N4O6/c1-7-10-11-12-13-14-15-16-17-18-19-20-21-22-23-24-34-53-42(50)44(6,8-2)36-43(4,5)41(49)54-35-33-47(9-3)39-29-25-37(26-30-39)45-46-38-27-31-40(32-28-38)48(51)52/h25-32H,7-24,33-36H2,1-6H3. The van der Waals surface area contributed by atoms with Crippen LogP contribution < -0.4 is 4.90 Å². The van der Waals surface area contributed by atoms with Crippen LogP contribution in [0, 0.1) is 20.9 Å². The highest BCUT2D eigenvalue weighted by molar-refractivity contribution is 5.80. The van der Waals surface area contributed by atoms with Gasteiger partial charge in [-0.05, 0) is 83.4 Å². The Balaban J connectivity index is 1.66. The van der Waals surface area contributed by atoms with E-state index in [1.165, 1.54) is 102 Å². The van der Waals surface area contributed by atoms with E-state index in [9.17, 15) is 19.7 Å². The molecular weight excluding hydrogens is 681 g/mol. The van der Waals surface area contributed by atoms with Crippen molar-refractivity contribution in [1.29, 1.82) is 0 Å². The summed E-state index contributed by atoms with van der Waals surface area (Å²) in [5, 5.41) is 19.2. The van der Waals surface area contributed by atoms with E-state index in [0.29, 0.717) is 43.9 Å². The molecule has 0 saturated heterocycles. The molecule has 2 aromatic carbocycles. The molecule has 2 rings (SSSR count). The number of hydrogen-bond acceptors (Lipinski definition) is 9. The lowest BCUT2D eigenvalue weighted by Crippen LogP contribution is -2.39. The number of likely N-dealkylation sites (N-methyl/N-ethyl adjacent to an activating group) is 1. The van der Waals surface area contributed by atoms with Crippen LogP contribution in [0.4, 0.5) is 22.7 Å². The van der Waals surface area contributed by atoms with E-state index in [4.69, 9.17) is 9.47 Å². The molecule has 0 aliphatic rings. The fourth-order valence-corrected chi connectivity index (χ4v) is 6.78. The van der Waals surface area contributed by atoms with Gasteiger partial charge >= 0.3 is 11.9 Å². The topological polar surface area (TPSA) is 124 Å². The van der Waals surface area contributed by atoms with Crippen molar-refractivity contribution in [3.63, 3.8) is 0 Å². The second-order valence-electron chi connectivity index (χ2n) is 15.6. The number of nitrogens with zero attached hydrogens (tertiary/aromatic N) is 4. The molecule has 0 aliphatic carbocycles. The van der Waals surface area contributed by atoms with Crippen LogP contribution >= 0.6 is 0 Å². The number of carbonyl (C=O) groups is 2. The second-order valence-corrected chi connectivity index (χ2v) is 15.6. The van der Waals surface area contributed by atoms with E-state index < -0.39 is 15.8 Å². The first-order chi connectivity index (χ1) is 26.0. The zero-order chi connectivity index (χ0) is 39.7. The number of non-ortho nitro benzene ring substituents is 1. The molecule has 0 fully saturated rings. The van der Waals surface area contributed by atoms with Gasteiger partial charge in [-0.3, -0.25) is 19.7 Å². The van der Waals surface area contributed by atoms with Crippen molar-refractivity contribution in [2.45, 2.75) is 157 Å². The number of esters is 2. The molecule has 0 heterocycles. The minimum Gasteiger partial charge on any atom is -0.465 e. The summed E-state index contributed by atoms with van der Waals surface area (Å²) in [6, 6.07) is 13.4. The molecule has 10 nitrogen and oxygen atoms in total. The lowest BCUT2D eigenvalue weighted by atomic mass is 9.72. The molecule has 1 atom stereocenters. The second kappa shape index (κ2) is 26.1. The molecule has 0 aromatic heterocycles. The van der Waals surface area contributed by atoms with E-state index in [1.807, 2.05) is 58.9 Å². The molecule has 0 amide bonds. The van der Waals surface area contributed by atoms with Gasteiger partial charge in [0.15, 0.2) is 0 Å². The molecule has 302 valence electrons. The highest BCUT2D eigenvalue weighted by atomic mass is 16.6. The largest absolute Gasteiger partial charge is 0.465 e. The van der Waals surface area contributed by atoms with Gasteiger partial charge in [0, 0.05) is 24.4 Å². The molecule has 0 bridgehead atoms. The van der Waals surface area contributed by atoms with Crippen LogP contribution in [0.5, 0.6) is 0 Å². The summed E-state index contributed by atoms with van der Waals surface area (Å²) >= 11 is 0. The number of hydrogen-bond donors (Lipinski definition) is 0. The van der Waals surface area contributed by atoms with Crippen molar-refractivity contribution < 1.29 is 24.0 Å². The Hall–Kier alpha value is -3.82. The van der Waals surface area contributed by atoms with E-state index in [-0.39, 0.29) is 24.2 Å². The van der Waals surface area contributed by atoms with Gasteiger partial charge in [0.25, 0.3) is 5.69 Å². The summed E-state index contributed by atoms with van der Waals surface area (Å²) in [6.07, 6.45) is 21.8. The minimum absolute atomic E-state index is 0.00220. The lowest BCUT2D eigenvalue weighted by molar-refractivity contribution is -0.384. The number of nitro benzene ring substituents is 1. The Labute approximate surface area is 326 Å². The summed E-state index contributed by atoms with van der Waals surface area (Å²) in [5.74, 6) is -0.564. The fraction of sp³-hybridized carbons (Fsp3) is 0.682. The minimum atomic E-state index is -0.856. The Bertz CT molecular complexity index is 1380. The maximum absolute atomic E-state index is 13.2. The first-order valence-corrected chi connectivity index (χ1v) is 20.8. The summed E-state index contributed by atoms with van der Waals surface area (Å²) in [4.78, 5) is 39.0. The van der Waals surface area contributed by atoms with E-state index in [1.54, 1.807) is 12.1 Å². The predicted octanol–water partition coefficient (Wildman–Crippen LogP) is 13.0. The number of rotatable bonds is 30. The Morgan fingerprint density at radius 2 is 1.09 bits per heavy atom. The zero-order valence-corrected chi connectivity index (χ0v) is 34.4. The summed E-state index contributed by atoms with van der Waals surface area (Å²) in [5.41, 5.74) is 0.487. The normalized spacial score (nSPS) is 12.8. The van der Waals surface area contributed by atoms with Crippen LogP contribution in [0.15, 0.2) is 58.8 Å². The molecule has 0 spiro atoms. The SMILES string of the molecule is CCCCCCCCCCCCCCCCCCOC(=O)C(C)(CC)CC(C)(C)C(=O)OCCN(CC)c1ccc(N=Nc2ccc([N+](=O)[O-])cc2)cc1. The molecule has 0 radical (unpaired) electrons. The first kappa shape index (κ1) is 46.3. The number of nitro groups is 1. The number of unbranched alkanes of at least 4 members (excludes halogenated alkanes) is 15. The molecule has 0 saturated carbocycles. The maximum Gasteiger partial charge on any atom is 0.311 e. The first-order valence-electron chi connectivity index (χ1n) is 20.8. The van der Waals surface area contributed by atoms with Crippen LogP contribution in [0.1, 0.15) is 157 Å². The maximum atomic E-state index is 13.2. The van der Waals surface area contributed by atoms with Gasteiger partial charge in [0.1, 0.15) is 6.61 Å². The van der Waals surface area contributed by atoms with E-state index >= 15 is 0 Å². The molecule has 0 aliphatic heterocycles. The third kappa shape index (κ3) is 18.0. The molecule has 2 aromatic rings. The lowest BCUT2D eigenvalue weighted by Gasteiger charge is -2.34. The quantitative estimate of drug-likeness (QED) is 0.0256. The summed E-state index contributed by atoms with van der Waals surface area (Å²) < 4.78 is 11.5. The van der Waals surface area contributed by atoms with Crippen molar-refractivity contribution in [2.24, 2.45) is 21.1 Å². The van der Waals surface area contributed by atoms with Crippen LogP contribution in [0.25, 0.3) is 0 Å². The Kier molecular flexibility index (Phi) is 22.4. The average Bonchev–Trinajstić information content (AvgIpc) is 3.16. The van der Waals surface area contributed by atoms with Crippen LogP contribution in [-0.4, -0.2) is 43.2 Å². The number of anilines is 1. The molecule has 10 heteroatoms. The van der Waals surface area contributed by atoms with Gasteiger partial charge < -0.3 is 14.4 Å². The average molecular weight is 751 g/mol. The zero-order valence-electron chi connectivity index (χ0n) is 34.4. The van der Waals surface area contributed by atoms with Gasteiger partial charge in [0.05, 0.1) is 40.3 Å². The summed E-state index contributed by atoms with van der Waals surface area (Å²) in [6.45, 7) is 13.7. The van der Waals surface area contributed by atoms with Gasteiger partial charge in [-0.1, -0.05) is 110 Å². The van der Waals surface area contributed by atoms with Gasteiger partial charge in [-0.2, -0.15) is 10.2 Å². The van der Waals surface area contributed by atoms with Crippen molar-refractivity contribution in [1.82, 2.24) is 0 Å².